The van der Waals surface area contributed by atoms with Gasteiger partial charge in [-0.15, -0.1) is 0 Å². The summed E-state index contributed by atoms with van der Waals surface area (Å²) in [5, 5.41) is 0. The van der Waals surface area contributed by atoms with Crippen molar-refractivity contribution in [1.82, 2.24) is 14.8 Å². The topological polar surface area (TPSA) is 45.7 Å². The van der Waals surface area contributed by atoms with Crippen molar-refractivity contribution in [3.63, 3.8) is 0 Å². The van der Waals surface area contributed by atoms with Gasteiger partial charge in [0.05, 0.1) is 30.0 Å². The second-order valence-electron chi connectivity index (χ2n) is 11.9. The molecule has 1 amide bonds. The van der Waals surface area contributed by atoms with Gasteiger partial charge in [0.15, 0.2) is 0 Å². The minimum absolute atomic E-state index is 0.000504. The van der Waals surface area contributed by atoms with Crippen LogP contribution in [-0.2, 0) is 12.7 Å². The lowest BCUT2D eigenvalue weighted by molar-refractivity contribution is -0.137. The van der Waals surface area contributed by atoms with Crippen LogP contribution in [0.1, 0.15) is 89.7 Å². The van der Waals surface area contributed by atoms with Crippen molar-refractivity contribution < 1.29 is 31.5 Å². The first-order valence-electron chi connectivity index (χ1n) is 14.3. The van der Waals surface area contributed by atoms with Crippen LogP contribution in [0.25, 0.3) is 0 Å². The summed E-state index contributed by atoms with van der Waals surface area (Å²) in [7, 11) is 0. The summed E-state index contributed by atoms with van der Waals surface area (Å²) in [5.74, 6) is -0.0559. The molecule has 2 saturated heterocycles. The number of alkyl halides is 4. The molecule has 0 bridgehead atoms. The molecule has 2 aliphatic heterocycles. The van der Waals surface area contributed by atoms with Gasteiger partial charge in [0.2, 0.25) is 0 Å². The second kappa shape index (κ2) is 10.9. The zero-order valence-corrected chi connectivity index (χ0v) is 22.4. The second-order valence-corrected chi connectivity index (χ2v) is 11.9. The Hall–Kier alpha value is -2.75. The van der Waals surface area contributed by atoms with Crippen LogP contribution in [0.15, 0.2) is 24.3 Å². The number of pyridine rings is 1. The van der Waals surface area contributed by atoms with E-state index in [0.29, 0.717) is 49.9 Å². The van der Waals surface area contributed by atoms with Gasteiger partial charge in [-0.3, -0.25) is 14.7 Å². The first-order valence-corrected chi connectivity index (χ1v) is 14.3. The molecule has 4 aliphatic rings. The molecule has 2 aromatic rings. The average molecular weight is 564 g/mol. The first kappa shape index (κ1) is 27.4. The van der Waals surface area contributed by atoms with E-state index >= 15 is 4.39 Å². The lowest BCUT2D eigenvalue weighted by Crippen LogP contribution is -2.35. The van der Waals surface area contributed by atoms with E-state index < -0.39 is 29.6 Å². The molecule has 1 unspecified atom stereocenters. The van der Waals surface area contributed by atoms with E-state index in [4.69, 9.17) is 4.74 Å². The summed E-state index contributed by atoms with van der Waals surface area (Å²) in [6.07, 6.45) is 0.141. The molecule has 1 aromatic carbocycles. The van der Waals surface area contributed by atoms with E-state index in [9.17, 15) is 22.4 Å². The third kappa shape index (κ3) is 6.26. The molecule has 0 N–H and O–H groups in total. The SMILES string of the molecule is O=C(c1cc(C2CC2)c(OCC2CCN(Cc3cc(C(F)(F)F)cc(C4CC4)n3)CC2)cc1F)N1CCC(F)C1. The number of likely N-dealkylation sites (tertiary alicyclic amines) is 2. The molecule has 4 fully saturated rings. The van der Waals surface area contributed by atoms with Crippen LogP contribution >= 0.6 is 0 Å². The fourth-order valence-corrected chi connectivity index (χ4v) is 5.84. The Bertz CT molecular complexity index is 1250. The van der Waals surface area contributed by atoms with E-state index in [2.05, 4.69) is 9.88 Å². The number of carbonyl (C=O) groups is 1. The van der Waals surface area contributed by atoms with Crippen molar-refractivity contribution in [1.29, 1.82) is 0 Å². The van der Waals surface area contributed by atoms with Gasteiger partial charge in [-0.1, -0.05) is 0 Å². The maximum atomic E-state index is 15.0. The Balaban J connectivity index is 1.06. The predicted octanol–water partition coefficient (Wildman–Crippen LogP) is 6.47. The molecule has 0 radical (unpaired) electrons. The van der Waals surface area contributed by atoms with E-state index in [1.165, 1.54) is 23.1 Å². The van der Waals surface area contributed by atoms with Crippen molar-refractivity contribution in [3.05, 3.63) is 58.2 Å². The highest BCUT2D eigenvalue weighted by Crippen LogP contribution is 2.46. The summed E-state index contributed by atoms with van der Waals surface area (Å²) in [4.78, 5) is 20.9. The maximum absolute atomic E-state index is 15.0. The number of carbonyl (C=O) groups excluding carboxylic acids is 1. The van der Waals surface area contributed by atoms with Gasteiger partial charge in [0.1, 0.15) is 17.7 Å². The highest BCUT2D eigenvalue weighted by molar-refractivity contribution is 5.95. The number of rotatable bonds is 8. The van der Waals surface area contributed by atoms with Crippen LogP contribution < -0.4 is 4.74 Å². The van der Waals surface area contributed by atoms with Crippen molar-refractivity contribution in [2.24, 2.45) is 5.92 Å². The van der Waals surface area contributed by atoms with Gasteiger partial charge in [-0.25, -0.2) is 8.78 Å². The first-order chi connectivity index (χ1) is 19.1. The predicted molar refractivity (Wildman–Crippen MR) is 139 cm³/mol. The Labute approximate surface area is 230 Å². The average Bonchev–Trinajstić information content (AvgIpc) is 3.85. The molecule has 3 heterocycles. The quantitative estimate of drug-likeness (QED) is 0.346. The largest absolute Gasteiger partial charge is 0.493 e. The van der Waals surface area contributed by atoms with Gasteiger partial charge in [-0.05, 0) is 93.6 Å². The zero-order valence-electron chi connectivity index (χ0n) is 22.4. The number of ether oxygens (including phenoxy) is 1. The zero-order chi connectivity index (χ0) is 28.0. The third-order valence-corrected chi connectivity index (χ3v) is 8.55. The Morgan fingerprint density at radius 3 is 2.30 bits per heavy atom. The summed E-state index contributed by atoms with van der Waals surface area (Å²) in [6.45, 7) is 2.51. The fraction of sp³-hybridized carbons (Fsp3) is 0.600. The Kier molecular flexibility index (Phi) is 7.48. The number of piperidine rings is 1. The van der Waals surface area contributed by atoms with Crippen LogP contribution in [0, 0.1) is 11.7 Å². The molecule has 5 nitrogen and oxygen atoms in total. The number of hydrogen-bond donors (Lipinski definition) is 0. The molecule has 1 aromatic heterocycles. The maximum Gasteiger partial charge on any atom is 0.416 e. The Morgan fingerprint density at radius 2 is 1.68 bits per heavy atom. The summed E-state index contributed by atoms with van der Waals surface area (Å²) in [5.41, 5.74) is 1.19. The van der Waals surface area contributed by atoms with Crippen molar-refractivity contribution in [2.75, 3.05) is 32.8 Å². The lowest BCUT2D eigenvalue weighted by atomic mass is 9.97. The van der Waals surface area contributed by atoms with Crippen LogP contribution in [-0.4, -0.2) is 59.6 Å². The van der Waals surface area contributed by atoms with Crippen LogP contribution in [0.4, 0.5) is 22.0 Å². The molecule has 1 atom stereocenters. The normalized spacial score (nSPS) is 22.6. The lowest BCUT2D eigenvalue weighted by Gasteiger charge is -2.32. The molecule has 10 heteroatoms. The number of amides is 1. The number of nitrogens with zero attached hydrogens (tertiary/aromatic N) is 3. The van der Waals surface area contributed by atoms with Gasteiger partial charge in [0.25, 0.3) is 5.91 Å². The molecule has 216 valence electrons. The Morgan fingerprint density at radius 1 is 0.950 bits per heavy atom. The summed E-state index contributed by atoms with van der Waals surface area (Å²) in [6, 6.07) is 5.26. The molecule has 0 spiro atoms. The van der Waals surface area contributed by atoms with Crippen LogP contribution in [0.5, 0.6) is 5.75 Å². The van der Waals surface area contributed by atoms with Crippen molar-refractivity contribution in [3.8, 4) is 5.75 Å². The number of benzene rings is 1. The molecule has 2 saturated carbocycles. The van der Waals surface area contributed by atoms with E-state index in [0.717, 1.165) is 44.1 Å². The van der Waals surface area contributed by atoms with Crippen LogP contribution in [0.2, 0.25) is 0 Å². The van der Waals surface area contributed by atoms with Gasteiger partial charge in [-0.2, -0.15) is 13.2 Å². The monoisotopic (exact) mass is 563 g/mol. The van der Waals surface area contributed by atoms with Crippen molar-refractivity contribution in [2.45, 2.75) is 75.7 Å². The molecule has 2 aliphatic carbocycles. The fourth-order valence-electron chi connectivity index (χ4n) is 5.84. The highest BCUT2D eigenvalue weighted by atomic mass is 19.4. The van der Waals surface area contributed by atoms with Crippen LogP contribution in [0.3, 0.4) is 0 Å². The molecule has 40 heavy (non-hydrogen) atoms. The van der Waals surface area contributed by atoms with E-state index in [-0.39, 0.29) is 36.3 Å². The third-order valence-electron chi connectivity index (χ3n) is 8.55. The smallest absolute Gasteiger partial charge is 0.416 e. The van der Waals surface area contributed by atoms with E-state index in [1.54, 1.807) is 6.07 Å². The summed E-state index contributed by atoms with van der Waals surface area (Å²) >= 11 is 0. The minimum Gasteiger partial charge on any atom is -0.493 e. The van der Waals surface area contributed by atoms with E-state index in [1.807, 2.05) is 0 Å². The molecular formula is C30H34F5N3O2. The standard InChI is InChI=1S/C30H34F5N3O2/c31-22-7-10-38(15-22)29(39)25-13-24(19-1-2-19)28(14-26(25)32)40-17-18-5-8-37(9-6-18)16-23-11-21(30(33,34)35)12-27(36-23)20-3-4-20/h11-14,18-20,22H,1-10,15-17H2. The van der Waals surface area contributed by atoms with Crippen molar-refractivity contribution >= 4 is 5.91 Å². The molecular weight excluding hydrogens is 529 g/mol. The summed E-state index contributed by atoms with van der Waals surface area (Å²) < 4.78 is 75.0. The van der Waals surface area contributed by atoms with Gasteiger partial charge >= 0.3 is 6.18 Å². The number of aromatic nitrogens is 1. The molecule has 6 rings (SSSR count). The highest BCUT2D eigenvalue weighted by Gasteiger charge is 2.35. The number of halogens is 5. The van der Waals surface area contributed by atoms with Gasteiger partial charge in [0, 0.05) is 30.8 Å². The minimum atomic E-state index is -4.39. The number of hydrogen-bond acceptors (Lipinski definition) is 4. The van der Waals surface area contributed by atoms with Gasteiger partial charge < -0.3 is 9.64 Å².